The van der Waals surface area contributed by atoms with Gasteiger partial charge in [0, 0.05) is 5.92 Å². The molecule has 4 heteroatoms. The fraction of sp³-hybridized carbons (Fsp3) is 0.611. The quantitative estimate of drug-likeness (QED) is 0.861. The zero-order chi connectivity index (χ0) is 15.4. The van der Waals surface area contributed by atoms with E-state index in [1.807, 2.05) is 12.1 Å². The van der Waals surface area contributed by atoms with Crippen LogP contribution in [-0.4, -0.2) is 38.8 Å². The second-order valence-electron chi connectivity index (χ2n) is 6.49. The Morgan fingerprint density at radius 2 is 2.09 bits per heavy atom. The molecule has 2 aliphatic heterocycles. The molecule has 1 N–H and O–H groups in total. The molecule has 2 saturated heterocycles. The molecule has 1 aromatic carbocycles. The van der Waals surface area contributed by atoms with Crippen LogP contribution in [0.4, 0.5) is 0 Å². The van der Waals surface area contributed by atoms with Gasteiger partial charge in [-0.2, -0.15) is 0 Å². The SMILES string of the molecule is COc1cccc(C(=O)OC[C@@H]2CCC[NH+]3CCCC[C@H]23)c1. The normalized spacial score (nSPS) is 27.8. The van der Waals surface area contributed by atoms with Crippen molar-refractivity contribution in [2.24, 2.45) is 5.92 Å². The van der Waals surface area contributed by atoms with Gasteiger partial charge in [-0.05, 0) is 50.3 Å². The van der Waals surface area contributed by atoms with Gasteiger partial charge in [0.2, 0.25) is 0 Å². The number of quaternary nitrogens is 1. The van der Waals surface area contributed by atoms with E-state index in [0.29, 0.717) is 29.9 Å². The lowest BCUT2D eigenvalue weighted by Gasteiger charge is -2.40. The zero-order valence-corrected chi connectivity index (χ0v) is 13.3. The number of methoxy groups -OCH3 is 1. The third-order valence-electron chi connectivity index (χ3n) is 5.16. The first kappa shape index (κ1) is 15.3. The molecule has 0 amide bonds. The van der Waals surface area contributed by atoms with Gasteiger partial charge in [0.15, 0.2) is 0 Å². The number of benzene rings is 1. The van der Waals surface area contributed by atoms with Crippen molar-refractivity contribution in [2.45, 2.75) is 38.1 Å². The highest BCUT2D eigenvalue weighted by molar-refractivity contribution is 5.89. The predicted octanol–water partition coefficient (Wildman–Crippen LogP) is 1.70. The number of rotatable bonds is 4. The zero-order valence-electron chi connectivity index (χ0n) is 13.3. The van der Waals surface area contributed by atoms with Crippen LogP contribution in [0.5, 0.6) is 5.75 Å². The molecule has 0 spiro atoms. The number of ether oxygens (including phenoxy) is 2. The van der Waals surface area contributed by atoms with E-state index in [2.05, 4.69) is 0 Å². The van der Waals surface area contributed by atoms with E-state index >= 15 is 0 Å². The van der Waals surface area contributed by atoms with Gasteiger partial charge < -0.3 is 14.4 Å². The monoisotopic (exact) mass is 304 g/mol. The lowest BCUT2D eigenvalue weighted by atomic mass is 9.84. The molecule has 4 nitrogen and oxygen atoms in total. The fourth-order valence-electron chi connectivity index (χ4n) is 3.99. The largest absolute Gasteiger partial charge is 0.497 e. The van der Waals surface area contributed by atoms with Gasteiger partial charge in [-0.1, -0.05) is 6.07 Å². The fourth-order valence-corrected chi connectivity index (χ4v) is 3.99. The molecule has 1 unspecified atom stereocenters. The Morgan fingerprint density at radius 1 is 1.23 bits per heavy atom. The van der Waals surface area contributed by atoms with E-state index < -0.39 is 0 Å². The summed E-state index contributed by atoms with van der Waals surface area (Å²) in [5.41, 5.74) is 0.572. The second kappa shape index (κ2) is 7.14. The maximum Gasteiger partial charge on any atom is 0.338 e. The molecule has 3 atom stereocenters. The van der Waals surface area contributed by atoms with E-state index in [0.717, 1.165) is 0 Å². The summed E-state index contributed by atoms with van der Waals surface area (Å²) in [5.74, 6) is 0.982. The molecule has 22 heavy (non-hydrogen) atoms. The maximum atomic E-state index is 12.2. The molecule has 1 aromatic rings. The van der Waals surface area contributed by atoms with Crippen molar-refractivity contribution in [1.29, 1.82) is 0 Å². The van der Waals surface area contributed by atoms with Crippen LogP contribution in [-0.2, 0) is 4.74 Å². The van der Waals surface area contributed by atoms with Gasteiger partial charge in [0.25, 0.3) is 0 Å². The third-order valence-corrected chi connectivity index (χ3v) is 5.16. The van der Waals surface area contributed by atoms with Gasteiger partial charge >= 0.3 is 5.97 Å². The molecular weight excluding hydrogens is 278 g/mol. The topological polar surface area (TPSA) is 40.0 Å². The first-order chi connectivity index (χ1) is 10.8. The van der Waals surface area contributed by atoms with Crippen LogP contribution in [0.15, 0.2) is 24.3 Å². The minimum absolute atomic E-state index is 0.234. The summed E-state index contributed by atoms with van der Waals surface area (Å²) in [6.45, 7) is 3.15. The Kier molecular flexibility index (Phi) is 4.98. The molecule has 0 aliphatic carbocycles. The molecule has 0 aromatic heterocycles. The summed E-state index contributed by atoms with van der Waals surface area (Å²) in [5, 5.41) is 0. The van der Waals surface area contributed by atoms with Crippen molar-refractivity contribution in [2.75, 3.05) is 26.8 Å². The van der Waals surface area contributed by atoms with E-state index in [4.69, 9.17) is 9.47 Å². The standard InChI is InChI=1S/C18H25NO3/c1-21-16-8-4-6-14(12-16)18(20)22-13-15-7-5-11-19-10-3-2-9-17(15)19/h4,6,8,12,15,17H,2-3,5,7,9-11,13H2,1H3/p+1/t15-,17+/m0/s1. The highest BCUT2D eigenvalue weighted by atomic mass is 16.5. The highest BCUT2D eigenvalue weighted by Crippen LogP contribution is 2.21. The lowest BCUT2D eigenvalue weighted by Crippen LogP contribution is -3.18. The third kappa shape index (κ3) is 3.43. The Balaban J connectivity index is 1.57. The van der Waals surface area contributed by atoms with Crippen LogP contribution in [0, 0.1) is 5.92 Å². The van der Waals surface area contributed by atoms with E-state index in [1.165, 1.54) is 45.2 Å². The van der Waals surface area contributed by atoms with Crippen LogP contribution in [0.3, 0.4) is 0 Å². The summed E-state index contributed by atoms with van der Waals surface area (Å²) in [6, 6.07) is 7.87. The minimum Gasteiger partial charge on any atom is -0.497 e. The summed E-state index contributed by atoms with van der Waals surface area (Å²) < 4.78 is 10.8. The molecule has 120 valence electrons. The second-order valence-corrected chi connectivity index (χ2v) is 6.49. The van der Waals surface area contributed by atoms with E-state index in [1.54, 1.807) is 24.1 Å². The lowest BCUT2D eigenvalue weighted by molar-refractivity contribution is -0.940. The number of hydrogen-bond donors (Lipinski definition) is 1. The minimum atomic E-state index is -0.234. The van der Waals surface area contributed by atoms with Crippen molar-refractivity contribution in [1.82, 2.24) is 0 Å². The maximum absolute atomic E-state index is 12.2. The van der Waals surface area contributed by atoms with Crippen molar-refractivity contribution in [3.05, 3.63) is 29.8 Å². The number of piperidine rings is 2. The Bertz CT molecular complexity index is 515. The van der Waals surface area contributed by atoms with Crippen LogP contribution in [0.1, 0.15) is 42.5 Å². The molecular formula is C18H26NO3+. The van der Waals surface area contributed by atoms with Gasteiger partial charge in [0.05, 0.1) is 31.8 Å². The van der Waals surface area contributed by atoms with Gasteiger partial charge in [0.1, 0.15) is 12.4 Å². The van der Waals surface area contributed by atoms with Crippen LogP contribution < -0.4 is 9.64 Å². The van der Waals surface area contributed by atoms with Gasteiger partial charge in [-0.15, -0.1) is 0 Å². The number of fused-ring (bicyclic) bond motifs is 1. The first-order valence-electron chi connectivity index (χ1n) is 8.43. The number of hydrogen-bond acceptors (Lipinski definition) is 3. The van der Waals surface area contributed by atoms with E-state index in [9.17, 15) is 4.79 Å². The van der Waals surface area contributed by atoms with Crippen molar-refractivity contribution >= 4 is 5.97 Å². The molecule has 0 radical (unpaired) electrons. The molecule has 2 heterocycles. The highest BCUT2D eigenvalue weighted by Gasteiger charge is 2.37. The summed E-state index contributed by atoms with van der Waals surface area (Å²) in [7, 11) is 1.60. The van der Waals surface area contributed by atoms with Crippen LogP contribution in [0.25, 0.3) is 0 Å². The molecule has 2 aliphatic rings. The predicted molar refractivity (Wildman–Crippen MR) is 84.3 cm³/mol. The number of carbonyl (C=O) groups is 1. The van der Waals surface area contributed by atoms with E-state index in [-0.39, 0.29) is 5.97 Å². The summed E-state index contributed by atoms with van der Waals surface area (Å²) in [6.07, 6.45) is 6.42. The van der Waals surface area contributed by atoms with Gasteiger partial charge in [-0.25, -0.2) is 4.79 Å². The molecule has 0 bridgehead atoms. The van der Waals surface area contributed by atoms with Crippen molar-refractivity contribution in [3.8, 4) is 5.75 Å². The number of nitrogens with one attached hydrogen (secondary N) is 1. The Hall–Kier alpha value is -1.55. The average Bonchev–Trinajstić information content (AvgIpc) is 2.59. The molecule has 2 fully saturated rings. The number of carbonyl (C=O) groups excluding carboxylic acids is 1. The van der Waals surface area contributed by atoms with Crippen molar-refractivity contribution in [3.63, 3.8) is 0 Å². The smallest absolute Gasteiger partial charge is 0.338 e. The van der Waals surface area contributed by atoms with Crippen molar-refractivity contribution < 1.29 is 19.2 Å². The average molecular weight is 304 g/mol. The molecule has 0 saturated carbocycles. The summed E-state index contributed by atoms with van der Waals surface area (Å²) in [4.78, 5) is 14.0. The number of esters is 1. The Labute approximate surface area is 132 Å². The van der Waals surface area contributed by atoms with Gasteiger partial charge in [-0.3, -0.25) is 0 Å². The van der Waals surface area contributed by atoms with Crippen LogP contribution >= 0.6 is 0 Å². The summed E-state index contributed by atoms with van der Waals surface area (Å²) >= 11 is 0. The first-order valence-corrected chi connectivity index (χ1v) is 8.43. The molecule has 3 rings (SSSR count). The van der Waals surface area contributed by atoms with Crippen LogP contribution in [0.2, 0.25) is 0 Å². The Morgan fingerprint density at radius 3 is 2.95 bits per heavy atom.